The normalized spacial score (nSPS) is 20.7. The molecule has 1 saturated heterocycles. The number of guanidine groups is 1. The van der Waals surface area contributed by atoms with Crippen LogP contribution in [0.5, 0.6) is 0 Å². The molecule has 2 aliphatic rings. The van der Waals surface area contributed by atoms with Crippen molar-refractivity contribution in [2.45, 2.75) is 83.7 Å². The van der Waals surface area contributed by atoms with Crippen molar-refractivity contribution >= 4 is 11.9 Å². The lowest BCUT2D eigenvalue weighted by Gasteiger charge is -2.41. The highest BCUT2D eigenvalue weighted by Crippen LogP contribution is 2.20. The average Bonchev–Trinajstić information content (AvgIpc) is 2.65. The van der Waals surface area contributed by atoms with Crippen LogP contribution in [0.4, 0.5) is 0 Å². The third-order valence-electron chi connectivity index (χ3n) is 5.60. The number of nitrogens with zero attached hydrogens (tertiary/aromatic N) is 2. The third kappa shape index (κ3) is 7.14. The molecule has 1 saturated carbocycles. The monoisotopic (exact) mass is 365 g/mol. The van der Waals surface area contributed by atoms with Gasteiger partial charge >= 0.3 is 0 Å². The van der Waals surface area contributed by atoms with Gasteiger partial charge in [-0.25, -0.2) is 4.99 Å². The lowest BCUT2D eigenvalue weighted by molar-refractivity contribution is -0.120. The second-order valence-electron chi connectivity index (χ2n) is 8.31. The van der Waals surface area contributed by atoms with Crippen molar-refractivity contribution in [3.05, 3.63) is 0 Å². The molecule has 150 valence electrons. The van der Waals surface area contributed by atoms with E-state index in [-0.39, 0.29) is 18.0 Å². The molecule has 0 atom stereocenters. The van der Waals surface area contributed by atoms with Crippen molar-refractivity contribution in [3.63, 3.8) is 0 Å². The van der Waals surface area contributed by atoms with Crippen molar-refractivity contribution in [3.8, 4) is 0 Å². The first kappa shape index (κ1) is 21.0. The lowest BCUT2D eigenvalue weighted by atomic mass is 9.95. The van der Waals surface area contributed by atoms with Gasteiger partial charge in [0.2, 0.25) is 5.91 Å². The summed E-state index contributed by atoms with van der Waals surface area (Å²) in [6.07, 6.45) is 9.90. The van der Waals surface area contributed by atoms with Crippen LogP contribution in [0.2, 0.25) is 0 Å². The highest BCUT2D eigenvalue weighted by molar-refractivity contribution is 5.85. The van der Waals surface area contributed by atoms with E-state index in [1.54, 1.807) is 0 Å². The maximum Gasteiger partial charge on any atom is 0.242 e. The molecule has 0 radical (unpaired) electrons. The SMILES string of the molecule is CCNC(=NCC(=O)NC1CCCCC1)NCC(C)(C)N1CCCCC1. The fourth-order valence-electron chi connectivity index (χ4n) is 3.92. The van der Waals surface area contributed by atoms with Crippen molar-refractivity contribution in [2.75, 3.05) is 32.7 Å². The van der Waals surface area contributed by atoms with Crippen LogP contribution in [-0.2, 0) is 4.79 Å². The highest BCUT2D eigenvalue weighted by Gasteiger charge is 2.27. The van der Waals surface area contributed by atoms with Gasteiger partial charge in [-0.3, -0.25) is 9.69 Å². The lowest BCUT2D eigenvalue weighted by Crippen LogP contribution is -2.55. The van der Waals surface area contributed by atoms with E-state index in [0.29, 0.717) is 6.04 Å². The highest BCUT2D eigenvalue weighted by atomic mass is 16.1. The van der Waals surface area contributed by atoms with Gasteiger partial charge in [-0.1, -0.05) is 25.7 Å². The number of amides is 1. The van der Waals surface area contributed by atoms with E-state index in [9.17, 15) is 4.79 Å². The van der Waals surface area contributed by atoms with Crippen LogP contribution < -0.4 is 16.0 Å². The largest absolute Gasteiger partial charge is 0.357 e. The topological polar surface area (TPSA) is 68.8 Å². The third-order valence-corrected chi connectivity index (χ3v) is 5.60. The molecule has 0 aromatic carbocycles. The number of aliphatic imine (C=N–C) groups is 1. The van der Waals surface area contributed by atoms with Gasteiger partial charge in [0.05, 0.1) is 0 Å². The molecule has 0 aromatic rings. The van der Waals surface area contributed by atoms with Crippen molar-refractivity contribution < 1.29 is 4.79 Å². The molecule has 6 nitrogen and oxygen atoms in total. The Balaban J connectivity index is 1.80. The zero-order chi connectivity index (χ0) is 18.8. The van der Waals surface area contributed by atoms with Crippen LogP contribution in [0.25, 0.3) is 0 Å². The Kier molecular flexibility index (Phi) is 8.69. The molecule has 3 N–H and O–H groups in total. The smallest absolute Gasteiger partial charge is 0.242 e. The summed E-state index contributed by atoms with van der Waals surface area (Å²) in [5.41, 5.74) is 0.0843. The molecule has 26 heavy (non-hydrogen) atoms. The van der Waals surface area contributed by atoms with E-state index in [0.717, 1.165) is 31.9 Å². The zero-order valence-electron chi connectivity index (χ0n) is 17.1. The van der Waals surface area contributed by atoms with Gasteiger partial charge in [0, 0.05) is 24.7 Å². The first-order valence-electron chi connectivity index (χ1n) is 10.6. The number of piperidine rings is 1. The van der Waals surface area contributed by atoms with Gasteiger partial charge < -0.3 is 16.0 Å². The fraction of sp³-hybridized carbons (Fsp3) is 0.900. The van der Waals surface area contributed by atoms with Gasteiger partial charge in [0.15, 0.2) is 5.96 Å². The summed E-state index contributed by atoms with van der Waals surface area (Å²) < 4.78 is 0. The van der Waals surface area contributed by atoms with Crippen LogP contribution in [0, 0.1) is 0 Å². The number of nitrogens with one attached hydrogen (secondary N) is 3. The fourth-order valence-corrected chi connectivity index (χ4v) is 3.92. The average molecular weight is 366 g/mol. The van der Waals surface area contributed by atoms with Crippen LogP contribution in [0.1, 0.15) is 72.1 Å². The van der Waals surface area contributed by atoms with E-state index >= 15 is 0 Å². The number of carbonyl (C=O) groups is 1. The van der Waals surface area contributed by atoms with Gasteiger partial charge in [0.25, 0.3) is 0 Å². The zero-order valence-corrected chi connectivity index (χ0v) is 17.1. The molecule has 0 aromatic heterocycles. The molecular weight excluding hydrogens is 326 g/mol. The van der Waals surface area contributed by atoms with Crippen molar-refractivity contribution in [1.82, 2.24) is 20.9 Å². The predicted octanol–water partition coefficient (Wildman–Crippen LogP) is 2.25. The van der Waals surface area contributed by atoms with Crippen LogP contribution in [0.15, 0.2) is 4.99 Å². The van der Waals surface area contributed by atoms with Gasteiger partial charge in [-0.2, -0.15) is 0 Å². The van der Waals surface area contributed by atoms with Gasteiger partial charge in [0.1, 0.15) is 6.54 Å². The molecule has 1 aliphatic heterocycles. The Bertz CT molecular complexity index is 451. The summed E-state index contributed by atoms with van der Waals surface area (Å²) in [5.74, 6) is 0.765. The number of hydrogen-bond acceptors (Lipinski definition) is 3. The van der Waals surface area contributed by atoms with E-state index in [1.165, 1.54) is 51.6 Å². The van der Waals surface area contributed by atoms with Gasteiger partial charge in [-0.15, -0.1) is 0 Å². The number of rotatable bonds is 7. The van der Waals surface area contributed by atoms with Crippen LogP contribution in [0.3, 0.4) is 0 Å². The first-order chi connectivity index (χ1) is 12.5. The maximum absolute atomic E-state index is 12.2. The predicted molar refractivity (Wildman–Crippen MR) is 109 cm³/mol. The van der Waals surface area contributed by atoms with Crippen molar-refractivity contribution in [1.29, 1.82) is 0 Å². The molecule has 2 fully saturated rings. The van der Waals surface area contributed by atoms with Crippen LogP contribution in [-0.4, -0.2) is 61.1 Å². The maximum atomic E-state index is 12.2. The number of hydrogen-bond donors (Lipinski definition) is 3. The second-order valence-corrected chi connectivity index (χ2v) is 8.31. The van der Waals surface area contributed by atoms with E-state index in [4.69, 9.17) is 0 Å². The minimum atomic E-state index is 0.0318. The van der Waals surface area contributed by atoms with Crippen molar-refractivity contribution in [2.24, 2.45) is 4.99 Å². The summed E-state index contributed by atoms with van der Waals surface area (Å²) in [4.78, 5) is 19.2. The standard InChI is InChI=1S/C20H39N5O/c1-4-21-19(22-15-18(26)24-17-11-7-5-8-12-17)23-16-20(2,3)25-13-9-6-10-14-25/h17H,4-16H2,1-3H3,(H,24,26)(H2,21,22,23). The first-order valence-corrected chi connectivity index (χ1v) is 10.6. The molecular formula is C20H39N5O. The Hall–Kier alpha value is -1.30. The molecule has 1 heterocycles. The quantitative estimate of drug-likeness (QED) is 0.478. The molecule has 1 amide bonds. The molecule has 0 bridgehead atoms. The molecule has 6 heteroatoms. The summed E-state index contributed by atoms with van der Waals surface area (Å²) >= 11 is 0. The van der Waals surface area contributed by atoms with E-state index < -0.39 is 0 Å². The van der Waals surface area contributed by atoms with Gasteiger partial charge in [-0.05, 0) is 59.5 Å². The summed E-state index contributed by atoms with van der Waals surface area (Å²) in [6, 6.07) is 0.347. The summed E-state index contributed by atoms with van der Waals surface area (Å²) in [6.45, 7) is 10.8. The summed E-state index contributed by atoms with van der Waals surface area (Å²) in [7, 11) is 0. The molecule has 1 aliphatic carbocycles. The van der Waals surface area contributed by atoms with E-state index in [1.807, 2.05) is 0 Å². The number of likely N-dealkylation sites (tertiary alicyclic amines) is 1. The molecule has 0 spiro atoms. The Morgan fingerprint density at radius 2 is 1.69 bits per heavy atom. The Morgan fingerprint density at radius 3 is 2.35 bits per heavy atom. The molecule has 0 unspecified atom stereocenters. The minimum Gasteiger partial charge on any atom is -0.357 e. The Morgan fingerprint density at radius 1 is 1.04 bits per heavy atom. The summed E-state index contributed by atoms with van der Waals surface area (Å²) in [5, 5.41) is 9.82. The second kappa shape index (κ2) is 10.8. The minimum absolute atomic E-state index is 0.0318. The molecule has 2 rings (SSSR count). The Labute approximate surface area is 159 Å². The van der Waals surface area contributed by atoms with E-state index in [2.05, 4.69) is 46.6 Å². The number of carbonyl (C=O) groups excluding carboxylic acids is 1. The van der Waals surface area contributed by atoms with Crippen LogP contribution >= 0.6 is 0 Å².